The van der Waals surface area contributed by atoms with Gasteiger partial charge in [-0.2, -0.15) is 5.10 Å². The normalized spacial score (nSPS) is 12.3. The van der Waals surface area contributed by atoms with Crippen LogP contribution in [0.3, 0.4) is 0 Å². The van der Waals surface area contributed by atoms with Gasteiger partial charge in [0.15, 0.2) is 0 Å². The second-order valence-electron chi connectivity index (χ2n) is 7.36. The van der Waals surface area contributed by atoms with E-state index in [0.717, 1.165) is 51.2 Å². The van der Waals surface area contributed by atoms with Gasteiger partial charge in [-0.3, -0.25) is 10.1 Å². The van der Waals surface area contributed by atoms with Crippen molar-refractivity contribution in [3.8, 4) is 0 Å². The van der Waals surface area contributed by atoms with Gasteiger partial charge in [-0.15, -0.1) is 0 Å². The van der Waals surface area contributed by atoms with Gasteiger partial charge in [0.05, 0.1) is 11.7 Å². The highest BCUT2D eigenvalue weighted by atomic mass is 16.4. The molecule has 0 amide bonds. The van der Waals surface area contributed by atoms with E-state index in [1.165, 1.54) is 11.1 Å². The van der Waals surface area contributed by atoms with E-state index in [1.54, 1.807) is 6.08 Å². The van der Waals surface area contributed by atoms with Gasteiger partial charge in [-0.05, 0) is 76.6 Å². The Labute approximate surface area is 180 Å². The average Bonchev–Trinajstić information content (AvgIpc) is 3.25. The number of H-pyrrole nitrogens is 1. The Morgan fingerprint density at radius 3 is 2.55 bits per heavy atom. The molecule has 0 aliphatic carbocycles. The molecule has 5 nitrogen and oxygen atoms in total. The third-order valence-electron chi connectivity index (χ3n) is 5.35. The molecule has 2 aromatic carbocycles. The van der Waals surface area contributed by atoms with Gasteiger partial charge < -0.3 is 5.11 Å². The Morgan fingerprint density at radius 1 is 1.06 bits per heavy atom. The number of carbonyl (C=O) groups is 1. The largest absolute Gasteiger partial charge is 0.478 e. The lowest BCUT2D eigenvalue weighted by Gasteiger charge is -2.18. The molecule has 0 fully saturated rings. The molecule has 154 valence electrons. The fourth-order valence-electron chi connectivity index (χ4n) is 3.86. The molecule has 0 saturated carbocycles. The lowest BCUT2D eigenvalue weighted by atomic mass is 9.86. The monoisotopic (exact) mass is 409 g/mol. The van der Waals surface area contributed by atoms with Crippen LogP contribution in [0.5, 0.6) is 0 Å². The number of aryl methyl sites for hydroxylation is 1. The first kappa shape index (κ1) is 20.3. The van der Waals surface area contributed by atoms with Crippen LogP contribution in [0.4, 0.5) is 0 Å². The van der Waals surface area contributed by atoms with Crippen molar-refractivity contribution in [1.82, 2.24) is 15.2 Å². The first-order chi connectivity index (χ1) is 15.1. The predicted molar refractivity (Wildman–Crippen MR) is 124 cm³/mol. The molecule has 0 spiro atoms. The number of nitrogens with one attached hydrogen (secondary N) is 1. The van der Waals surface area contributed by atoms with Crippen LogP contribution in [0.2, 0.25) is 0 Å². The van der Waals surface area contributed by atoms with E-state index in [4.69, 9.17) is 5.11 Å². The molecular weight excluding hydrogens is 386 g/mol. The van der Waals surface area contributed by atoms with Crippen molar-refractivity contribution in [3.05, 3.63) is 101 Å². The minimum atomic E-state index is -0.959. The van der Waals surface area contributed by atoms with Crippen LogP contribution in [0.15, 0.2) is 73.2 Å². The van der Waals surface area contributed by atoms with Crippen molar-refractivity contribution in [2.75, 3.05) is 0 Å². The Morgan fingerprint density at radius 2 is 1.84 bits per heavy atom. The second kappa shape index (κ2) is 8.79. The summed E-state index contributed by atoms with van der Waals surface area (Å²) >= 11 is 0. The standard InChI is InChI=1S/C26H23N3O2/c1-3-22(23-12-13-27-15-17(23)2)26(20-9-10-24-21(14-20)16-28-29-24)19-7-4-18(5-8-19)6-11-25(30)31/h4-16H,3H2,1-2H3,(H,28,29)(H,30,31)/b11-6+,26-22+. The topological polar surface area (TPSA) is 78.9 Å². The van der Waals surface area contributed by atoms with Crippen molar-refractivity contribution < 1.29 is 9.90 Å². The smallest absolute Gasteiger partial charge is 0.328 e. The van der Waals surface area contributed by atoms with Crippen LogP contribution in [0.25, 0.3) is 28.1 Å². The van der Waals surface area contributed by atoms with Crippen molar-refractivity contribution >= 4 is 34.1 Å². The number of rotatable bonds is 6. The lowest BCUT2D eigenvalue weighted by Crippen LogP contribution is -1.97. The zero-order valence-electron chi connectivity index (χ0n) is 17.5. The number of hydrogen-bond acceptors (Lipinski definition) is 3. The Hall–Kier alpha value is -3.99. The molecule has 2 heterocycles. The van der Waals surface area contributed by atoms with Gasteiger partial charge in [0.2, 0.25) is 0 Å². The molecule has 0 saturated heterocycles. The van der Waals surface area contributed by atoms with Crippen molar-refractivity contribution in [2.45, 2.75) is 20.3 Å². The van der Waals surface area contributed by atoms with Gasteiger partial charge in [-0.25, -0.2) is 4.79 Å². The summed E-state index contributed by atoms with van der Waals surface area (Å²) in [6.45, 7) is 4.24. The molecule has 0 unspecified atom stereocenters. The number of carboxylic acids is 1. The number of aromatic amines is 1. The third kappa shape index (κ3) is 4.31. The maximum atomic E-state index is 10.8. The number of aliphatic carboxylic acids is 1. The number of hydrogen-bond donors (Lipinski definition) is 2. The summed E-state index contributed by atoms with van der Waals surface area (Å²) in [6, 6.07) is 16.3. The third-order valence-corrected chi connectivity index (χ3v) is 5.35. The Balaban J connectivity index is 1.92. The number of carboxylic acid groups (broad SMARTS) is 1. The van der Waals surface area contributed by atoms with E-state index in [-0.39, 0.29) is 0 Å². The molecule has 0 aliphatic rings. The van der Waals surface area contributed by atoms with Crippen LogP contribution in [0, 0.1) is 6.92 Å². The Kier molecular flexibility index (Phi) is 5.76. The number of pyridine rings is 1. The lowest BCUT2D eigenvalue weighted by molar-refractivity contribution is -0.131. The van der Waals surface area contributed by atoms with E-state index >= 15 is 0 Å². The molecule has 0 atom stereocenters. The van der Waals surface area contributed by atoms with Crippen LogP contribution in [-0.2, 0) is 4.79 Å². The molecular formula is C26H23N3O2. The van der Waals surface area contributed by atoms with Crippen molar-refractivity contribution in [2.24, 2.45) is 0 Å². The van der Waals surface area contributed by atoms with E-state index in [1.807, 2.05) is 48.9 Å². The quantitative estimate of drug-likeness (QED) is 0.398. The molecule has 0 aliphatic heterocycles. The van der Waals surface area contributed by atoms with Gasteiger partial charge in [-0.1, -0.05) is 37.3 Å². The van der Waals surface area contributed by atoms with E-state index in [2.05, 4.69) is 47.2 Å². The maximum Gasteiger partial charge on any atom is 0.328 e. The van der Waals surface area contributed by atoms with Gasteiger partial charge in [0, 0.05) is 23.9 Å². The fourth-order valence-corrected chi connectivity index (χ4v) is 3.86. The number of fused-ring (bicyclic) bond motifs is 1. The molecule has 0 radical (unpaired) electrons. The summed E-state index contributed by atoms with van der Waals surface area (Å²) in [5, 5.41) is 17.1. The highest BCUT2D eigenvalue weighted by Gasteiger charge is 2.15. The first-order valence-corrected chi connectivity index (χ1v) is 10.2. The first-order valence-electron chi connectivity index (χ1n) is 10.2. The zero-order chi connectivity index (χ0) is 21.8. The summed E-state index contributed by atoms with van der Waals surface area (Å²) < 4.78 is 0. The number of allylic oxidation sites excluding steroid dienone is 1. The van der Waals surface area contributed by atoms with Crippen molar-refractivity contribution in [3.63, 3.8) is 0 Å². The molecule has 31 heavy (non-hydrogen) atoms. The van der Waals surface area contributed by atoms with Crippen LogP contribution in [-0.4, -0.2) is 26.3 Å². The van der Waals surface area contributed by atoms with Gasteiger partial charge in [0.25, 0.3) is 0 Å². The van der Waals surface area contributed by atoms with Crippen LogP contribution < -0.4 is 0 Å². The predicted octanol–water partition coefficient (Wildman–Crippen LogP) is 5.73. The summed E-state index contributed by atoms with van der Waals surface area (Å²) in [5.41, 5.74) is 8.70. The summed E-state index contributed by atoms with van der Waals surface area (Å²) in [5.74, 6) is -0.959. The molecule has 2 aromatic heterocycles. The van der Waals surface area contributed by atoms with Gasteiger partial charge in [0.1, 0.15) is 0 Å². The number of aromatic nitrogens is 3. The second-order valence-corrected chi connectivity index (χ2v) is 7.36. The van der Waals surface area contributed by atoms with Crippen LogP contribution in [0.1, 0.15) is 41.2 Å². The van der Waals surface area contributed by atoms with E-state index in [0.29, 0.717) is 0 Å². The molecule has 0 bridgehead atoms. The maximum absolute atomic E-state index is 10.8. The van der Waals surface area contributed by atoms with Crippen molar-refractivity contribution in [1.29, 1.82) is 0 Å². The summed E-state index contributed by atoms with van der Waals surface area (Å²) in [7, 11) is 0. The average molecular weight is 409 g/mol. The minimum Gasteiger partial charge on any atom is -0.478 e. The number of benzene rings is 2. The zero-order valence-corrected chi connectivity index (χ0v) is 17.5. The van der Waals surface area contributed by atoms with E-state index in [9.17, 15) is 4.79 Å². The molecule has 4 rings (SSSR count). The SMILES string of the molecule is CC/C(=C(/c1ccc(/C=C/C(=O)O)cc1)c1ccc2[nH]ncc2c1)c1ccncc1C. The highest BCUT2D eigenvalue weighted by molar-refractivity contribution is 6.00. The molecule has 4 aromatic rings. The fraction of sp³-hybridized carbons (Fsp3) is 0.115. The Bertz CT molecular complexity index is 1300. The summed E-state index contributed by atoms with van der Waals surface area (Å²) in [6.07, 6.45) is 9.15. The molecule has 2 N–H and O–H groups in total. The minimum absolute atomic E-state index is 0.842. The number of nitrogens with zero attached hydrogens (tertiary/aromatic N) is 2. The van der Waals surface area contributed by atoms with E-state index < -0.39 is 5.97 Å². The molecule has 5 heteroatoms. The van der Waals surface area contributed by atoms with Gasteiger partial charge >= 0.3 is 5.97 Å². The highest BCUT2D eigenvalue weighted by Crippen LogP contribution is 2.36. The van der Waals surface area contributed by atoms with Crippen LogP contribution >= 0.6 is 0 Å². The summed E-state index contributed by atoms with van der Waals surface area (Å²) in [4.78, 5) is 15.1.